The van der Waals surface area contributed by atoms with Crippen molar-refractivity contribution in [1.82, 2.24) is 15.0 Å². The zero-order valence-electron chi connectivity index (χ0n) is 15.0. The Morgan fingerprint density at radius 3 is 2.71 bits per heavy atom. The van der Waals surface area contributed by atoms with Gasteiger partial charge in [-0.25, -0.2) is 15.0 Å². The van der Waals surface area contributed by atoms with Crippen molar-refractivity contribution in [2.45, 2.75) is 19.4 Å². The lowest BCUT2D eigenvalue weighted by Gasteiger charge is -2.15. The van der Waals surface area contributed by atoms with E-state index in [4.69, 9.17) is 15.9 Å². The van der Waals surface area contributed by atoms with E-state index in [9.17, 15) is 9.59 Å². The number of amides is 2. The van der Waals surface area contributed by atoms with Crippen LogP contribution in [-0.2, 0) is 4.79 Å². The summed E-state index contributed by atoms with van der Waals surface area (Å²) < 4.78 is 5.29. The van der Waals surface area contributed by atoms with Crippen LogP contribution < -0.4 is 22.1 Å². The number of aromatic nitrogens is 3. The van der Waals surface area contributed by atoms with Crippen LogP contribution in [0.4, 0.5) is 17.3 Å². The molecular formula is C18H19N7O3. The first kappa shape index (κ1) is 18.8. The number of hydrogen-bond acceptors (Lipinski definition) is 8. The van der Waals surface area contributed by atoms with Crippen molar-refractivity contribution in [3.05, 3.63) is 48.6 Å². The summed E-state index contributed by atoms with van der Waals surface area (Å²) in [5.41, 5.74) is 12.1. The van der Waals surface area contributed by atoms with Gasteiger partial charge in [-0.05, 0) is 24.6 Å². The van der Waals surface area contributed by atoms with Crippen LogP contribution in [0, 0.1) is 0 Å². The first-order valence-electron chi connectivity index (χ1n) is 8.47. The molecule has 6 N–H and O–H groups in total. The van der Waals surface area contributed by atoms with Gasteiger partial charge in [-0.15, -0.1) is 0 Å². The fourth-order valence-electron chi connectivity index (χ4n) is 2.51. The van der Waals surface area contributed by atoms with Crippen LogP contribution in [0.25, 0.3) is 11.5 Å². The van der Waals surface area contributed by atoms with Gasteiger partial charge in [-0.1, -0.05) is 13.0 Å². The van der Waals surface area contributed by atoms with Crippen molar-refractivity contribution in [2.75, 3.05) is 10.6 Å². The number of primary amides is 2. The standard InChI is InChI=1S/C18H19N7O3/c1-2-12(15(19)26)24-13-9-22-14(16(20)27)17(25-13)23-11-5-3-4-10(8-11)18-21-6-7-28-18/h3-9,12H,2H2,1H3,(H2,19,26)(H2,20,27)(H2,23,24,25). The Kier molecular flexibility index (Phi) is 5.49. The Labute approximate surface area is 160 Å². The van der Waals surface area contributed by atoms with Gasteiger partial charge in [0.15, 0.2) is 11.5 Å². The van der Waals surface area contributed by atoms with E-state index in [1.54, 1.807) is 31.3 Å². The van der Waals surface area contributed by atoms with Crippen LogP contribution in [0.15, 0.2) is 47.3 Å². The molecule has 0 spiro atoms. The Morgan fingerprint density at radius 1 is 1.25 bits per heavy atom. The number of carbonyl (C=O) groups is 2. The highest BCUT2D eigenvalue weighted by Gasteiger charge is 2.17. The second-order valence-corrected chi connectivity index (χ2v) is 5.87. The highest BCUT2D eigenvalue weighted by molar-refractivity contribution is 5.96. The lowest BCUT2D eigenvalue weighted by Crippen LogP contribution is -2.35. The molecule has 10 nitrogen and oxygen atoms in total. The summed E-state index contributed by atoms with van der Waals surface area (Å²) in [7, 11) is 0. The van der Waals surface area contributed by atoms with E-state index in [1.165, 1.54) is 12.5 Å². The van der Waals surface area contributed by atoms with E-state index < -0.39 is 17.9 Å². The third kappa shape index (κ3) is 4.23. The van der Waals surface area contributed by atoms with E-state index in [-0.39, 0.29) is 17.3 Å². The Morgan fingerprint density at radius 2 is 2.07 bits per heavy atom. The third-order valence-corrected chi connectivity index (χ3v) is 3.88. The van der Waals surface area contributed by atoms with Gasteiger partial charge in [0.25, 0.3) is 5.91 Å². The average molecular weight is 381 g/mol. The quantitative estimate of drug-likeness (QED) is 0.458. The molecule has 0 aliphatic carbocycles. The summed E-state index contributed by atoms with van der Waals surface area (Å²) in [6.07, 6.45) is 4.81. The molecule has 1 aromatic carbocycles. The molecule has 0 saturated heterocycles. The van der Waals surface area contributed by atoms with Crippen molar-refractivity contribution in [3.63, 3.8) is 0 Å². The monoisotopic (exact) mass is 381 g/mol. The Bertz CT molecular complexity index is 989. The smallest absolute Gasteiger partial charge is 0.271 e. The zero-order valence-corrected chi connectivity index (χ0v) is 15.0. The van der Waals surface area contributed by atoms with Gasteiger partial charge in [-0.2, -0.15) is 0 Å². The number of benzene rings is 1. The van der Waals surface area contributed by atoms with Crippen molar-refractivity contribution < 1.29 is 14.0 Å². The second kappa shape index (κ2) is 8.16. The summed E-state index contributed by atoms with van der Waals surface area (Å²) in [5, 5.41) is 5.91. The summed E-state index contributed by atoms with van der Waals surface area (Å²) in [4.78, 5) is 35.6. The summed E-state index contributed by atoms with van der Waals surface area (Å²) in [5.74, 6) is -0.389. The SMILES string of the molecule is CCC(Nc1cnc(C(N)=O)c(Nc2cccc(-c3ncco3)c2)n1)C(N)=O. The van der Waals surface area contributed by atoms with E-state index in [2.05, 4.69) is 25.6 Å². The van der Waals surface area contributed by atoms with Gasteiger partial charge in [0, 0.05) is 11.3 Å². The van der Waals surface area contributed by atoms with Crippen LogP contribution in [0.1, 0.15) is 23.8 Å². The summed E-state index contributed by atoms with van der Waals surface area (Å²) >= 11 is 0. The molecule has 0 aliphatic rings. The van der Waals surface area contributed by atoms with E-state index in [1.807, 2.05) is 6.07 Å². The van der Waals surface area contributed by atoms with Crippen LogP contribution in [0.3, 0.4) is 0 Å². The predicted molar refractivity (Wildman–Crippen MR) is 103 cm³/mol. The second-order valence-electron chi connectivity index (χ2n) is 5.87. The molecule has 28 heavy (non-hydrogen) atoms. The van der Waals surface area contributed by atoms with Crippen LogP contribution in [0.5, 0.6) is 0 Å². The average Bonchev–Trinajstić information content (AvgIpc) is 3.21. The van der Waals surface area contributed by atoms with Crippen molar-refractivity contribution in [1.29, 1.82) is 0 Å². The van der Waals surface area contributed by atoms with Gasteiger partial charge in [0.2, 0.25) is 11.8 Å². The molecule has 2 heterocycles. The van der Waals surface area contributed by atoms with Crippen LogP contribution in [0.2, 0.25) is 0 Å². The maximum Gasteiger partial charge on any atom is 0.271 e. The molecule has 0 radical (unpaired) electrons. The minimum Gasteiger partial charge on any atom is -0.445 e. The minimum atomic E-state index is -0.743. The van der Waals surface area contributed by atoms with Crippen molar-refractivity contribution >= 4 is 29.1 Å². The minimum absolute atomic E-state index is 0.0424. The third-order valence-electron chi connectivity index (χ3n) is 3.88. The van der Waals surface area contributed by atoms with Crippen LogP contribution in [-0.4, -0.2) is 32.8 Å². The molecule has 1 unspecified atom stereocenters. The number of oxazole rings is 1. The fraction of sp³-hybridized carbons (Fsp3) is 0.167. The molecule has 0 fully saturated rings. The van der Waals surface area contributed by atoms with Gasteiger partial charge >= 0.3 is 0 Å². The molecule has 2 aromatic heterocycles. The lowest BCUT2D eigenvalue weighted by atomic mass is 10.2. The number of rotatable bonds is 8. The van der Waals surface area contributed by atoms with Gasteiger partial charge in [0.05, 0.1) is 12.4 Å². The highest BCUT2D eigenvalue weighted by Crippen LogP contribution is 2.24. The largest absolute Gasteiger partial charge is 0.445 e. The number of hydrogen-bond donors (Lipinski definition) is 4. The molecule has 1 atom stereocenters. The first-order chi connectivity index (χ1) is 13.5. The summed E-state index contributed by atoms with van der Waals surface area (Å²) in [6, 6.07) is 6.55. The number of carbonyl (C=O) groups excluding carboxylic acids is 2. The fourth-order valence-corrected chi connectivity index (χ4v) is 2.51. The van der Waals surface area contributed by atoms with Crippen LogP contribution >= 0.6 is 0 Å². The molecule has 0 aliphatic heterocycles. The number of nitrogens with one attached hydrogen (secondary N) is 2. The maximum atomic E-state index is 11.7. The van der Waals surface area contributed by atoms with E-state index in [0.29, 0.717) is 18.0 Å². The number of nitrogens with zero attached hydrogens (tertiary/aromatic N) is 3. The summed E-state index contributed by atoms with van der Waals surface area (Å²) in [6.45, 7) is 1.81. The Balaban J connectivity index is 1.91. The zero-order chi connectivity index (χ0) is 20.1. The lowest BCUT2D eigenvalue weighted by molar-refractivity contribution is -0.118. The van der Waals surface area contributed by atoms with E-state index >= 15 is 0 Å². The normalized spacial score (nSPS) is 11.6. The number of nitrogens with two attached hydrogens (primary N) is 2. The molecule has 3 aromatic rings. The molecular weight excluding hydrogens is 362 g/mol. The number of anilines is 3. The maximum absolute atomic E-state index is 11.7. The molecule has 10 heteroatoms. The first-order valence-corrected chi connectivity index (χ1v) is 8.47. The van der Waals surface area contributed by atoms with E-state index in [0.717, 1.165) is 5.56 Å². The van der Waals surface area contributed by atoms with Crippen molar-refractivity contribution in [2.24, 2.45) is 11.5 Å². The molecule has 0 bridgehead atoms. The Hall–Kier alpha value is -3.95. The van der Waals surface area contributed by atoms with Gasteiger partial charge in [0.1, 0.15) is 18.1 Å². The van der Waals surface area contributed by atoms with Crippen molar-refractivity contribution in [3.8, 4) is 11.5 Å². The molecule has 2 amide bonds. The molecule has 0 saturated carbocycles. The molecule has 144 valence electrons. The predicted octanol–water partition coefficient (Wildman–Crippen LogP) is 1.65. The molecule has 3 rings (SSSR count). The topological polar surface area (TPSA) is 162 Å². The van der Waals surface area contributed by atoms with Gasteiger partial charge in [-0.3, -0.25) is 9.59 Å². The van der Waals surface area contributed by atoms with Gasteiger partial charge < -0.3 is 26.5 Å². The highest BCUT2D eigenvalue weighted by atomic mass is 16.3.